The van der Waals surface area contributed by atoms with Gasteiger partial charge in [0.25, 0.3) is 0 Å². The Kier molecular flexibility index (Phi) is 21.7. The molecule has 1 fully saturated rings. The minimum Gasteiger partial charge on any atom is -0.314 e. The first-order valence-corrected chi connectivity index (χ1v) is 18.5. The van der Waals surface area contributed by atoms with E-state index in [0.717, 1.165) is 104 Å². The molecule has 0 spiro atoms. The molecule has 0 aromatic carbocycles. The van der Waals surface area contributed by atoms with Gasteiger partial charge in [-0.2, -0.15) is 0 Å². The predicted molar refractivity (Wildman–Crippen MR) is 157 cm³/mol. The van der Waals surface area contributed by atoms with Crippen molar-refractivity contribution in [3.63, 3.8) is 0 Å². The molecule has 0 aliphatic carbocycles. The zero-order valence-electron chi connectivity index (χ0n) is 24.8. The third kappa shape index (κ3) is 17.8. The molecule has 1 aliphatic rings. The van der Waals surface area contributed by atoms with Gasteiger partial charge in [-0.1, -0.05) is 53.4 Å². The van der Waals surface area contributed by atoms with Crippen molar-refractivity contribution in [2.75, 3.05) is 91.4 Å². The average Bonchev–Trinajstić information content (AvgIpc) is 2.87. The first kappa shape index (κ1) is 36.2. The molecule has 0 bridgehead atoms. The maximum absolute atomic E-state index is 13.5. The summed E-state index contributed by atoms with van der Waals surface area (Å²) in [4.78, 5) is 4.35. The average molecular weight is 585 g/mol. The molecule has 10 nitrogen and oxygen atoms in total. The molecule has 1 heterocycles. The first-order valence-electron chi connectivity index (χ1n) is 15.0. The van der Waals surface area contributed by atoms with Crippen LogP contribution in [-0.4, -0.2) is 101 Å². The van der Waals surface area contributed by atoms with Crippen molar-refractivity contribution in [2.24, 2.45) is 0 Å². The van der Waals surface area contributed by atoms with Gasteiger partial charge in [0.2, 0.25) is 0 Å². The van der Waals surface area contributed by atoms with Crippen LogP contribution in [0.3, 0.4) is 0 Å². The largest absolute Gasteiger partial charge is 0.344 e. The molecule has 0 aromatic heterocycles. The third-order valence-electron chi connectivity index (χ3n) is 6.31. The quantitative estimate of drug-likeness (QED) is 0.144. The normalized spacial score (nSPS) is 17.8. The Morgan fingerprint density at radius 1 is 0.526 bits per heavy atom. The van der Waals surface area contributed by atoms with Crippen LogP contribution in [0.4, 0.5) is 0 Å². The third-order valence-corrected chi connectivity index (χ3v) is 10.1. The monoisotopic (exact) mass is 584 g/mol. The second-order valence-corrected chi connectivity index (χ2v) is 14.0. The number of nitrogens with zero attached hydrogens (tertiary/aromatic N) is 2. The summed E-state index contributed by atoms with van der Waals surface area (Å²) in [6, 6.07) is 0. The second kappa shape index (κ2) is 22.8. The highest BCUT2D eigenvalue weighted by atomic mass is 31.2. The summed E-state index contributed by atoms with van der Waals surface area (Å²) in [6.45, 7) is 16.3. The van der Waals surface area contributed by atoms with Crippen molar-refractivity contribution >= 4 is 15.2 Å². The summed E-state index contributed by atoms with van der Waals surface area (Å²) >= 11 is 0. The number of hydrogen-bond acceptors (Lipinski definition) is 10. The molecule has 2 N–H and O–H groups in total. The fourth-order valence-electron chi connectivity index (χ4n) is 3.82. The van der Waals surface area contributed by atoms with Gasteiger partial charge in [-0.3, -0.25) is 18.9 Å². The van der Waals surface area contributed by atoms with E-state index in [4.69, 9.17) is 18.1 Å². The van der Waals surface area contributed by atoms with E-state index < -0.39 is 15.2 Å². The van der Waals surface area contributed by atoms with E-state index in [1.54, 1.807) is 0 Å². The van der Waals surface area contributed by atoms with Gasteiger partial charge >= 0.3 is 15.2 Å². The van der Waals surface area contributed by atoms with Gasteiger partial charge in [0, 0.05) is 52.4 Å². The minimum absolute atomic E-state index is 0.309. The summed E-state index contributed by atoms with van der Waals surface area (Å²) in [5.74, 6) is 0. The van der Waals surface area contributed by atoms with Crippen LogP contribution < -0.4 is 10.6 Å². The highest BCUT2D eigenvalue weighted by Gasteiger charge is 2.29. The number of nitrogens with one attached hydrogen (secondary N) is 2. The van der Waals surface area contributed by atoms with Gasteiger partial charge < -0.3 is 28.7 Å². The van der Waals surface area contributed by atoms with Crippen LogP contribution in [0, 0.1) is 0 Å². The summed E-state index contributed by atoms with van der Waals surface area (Å²) in [7, 11) is -6.36. The minimum atomic E-state index is -3.18. The zero-order valence-corrected chi connectivity index (χ0v) is 26.6. The lowest BCUT2D eigenvalue weighted by molar-refractivity contribution is 0.176. The van der Waals surface area contributed by atoms with Gasteiger partial charge in [-0.15, -0.1) is 0 Å². The van der Waals surface area contributed by atoms with E-state index in [1.165, 1.54) is 0 Å². The molecule has 0 amide bonds. The van der Waals surface area contributed by atoms with Gasteiger partial charge in [-0.25, -0.2) is 0 Å². The Hall–Kier alpha value is 0.140. The van der Waals surface area contributed by atoms with Crippen molar-refractivity contribution in [3.8, 4) is 0 Å². The molecule has 1 aliphatic heterocycles. The number of unbranched alkanes of at least 4 members (excludes halogenated alkanes) is 4. The number of hydrogen-bond donors (Lipinski definition) is 2. The van der Waals surface area contributed by atoms with Crippen LogP contribution in [0.15, 0.2) is 0 Å². The van der Waals surface area contributed by atoms with Gasteiger partial charge in [0.05, 0.1) is 26.4 Å². The smallest absolute Gasteiger partial charge is 0.314 e. The summed E-state index contributed by atoms with van der Waals surface area (Å²) in [5, 5.41) is 7.00. The molecule has 0 radical (unpaired) electrons. The van der Waals surface area contributed by atoms with Gasteiger partial charge in [0.15, 0.2) is 0 Å². The molecule has 0 atom stereocenters. The molecule has 12 heteroatoms. The lowest BCUT2D eigenvalue weighted by Gasteiger charge is -2.30. The van der Waals surface area contributed by atoms with Crippen molar-refractivity contribution in [1.29, 1.82) is 0 Å². The van der Waals surface area contributed by atoms with E-state index in [9.17, 15) is 9.13 Å². The second-order valence-electron chi connectivity index (χ2n) is 9.99. The molecule has 228 valence electrons. The Morgan fingerprint density at radius 2 is 0.789 bits per heavy atom. The SMILES string of the molecule is CCCCOP(=O)(CN1CCNCCN(CP(=O)(OCCCC)OCCCC)CCNCC1)OCCCC. The van der Waals surface area contributed by atoms with Crippen molar-refractivity contribution in [3.05, 3.63) is 0 Å². The summed E-state index contributed by atoms with van der Waals surface area (Å²) < 4.78 is 50.2. The molecule has 0 saturated carbocycles. The lowest BCUT2D eigenvalue weighted by Crippen LogP contribution is -2.43. The van der Waals surface area contributed by atoms with Crippen molar-refractivity contribution in [2.45, 2.75) is 79.1 Å². The first-order chi connectivity index (χ1) is 18.4. The lowest BCUT2D eigenvalue weighted by atomic mass is 10.4. The Balaban J connectivity index is 2.67. The van der Waals surface area contributed by atoms with E-state index in [-0.39, 0.29) is 0 Å². The van der Waals surface area contributed by atoms with E-state index in [0.29, 0.717) is 39.0 Å². The van der Waals surface area contributed by atoms with Crippen LogP contribution in [-0.2, 0) is 27.2 Å². The molecule has 38 heavy (non-hydrogen) atoms. The molecule has 0 aromatic rings. The molecular weight excluding hydrogens is 526 g/mol. The van der Waals surface area contributed by atoms with E-state index in [2.05, 4.69) is 48.1 Å². The fourth-order valence-corrected chi connectivity index (χ4v) is 7.47. The Labute approximate surface area is 233 Å². The van der Waals surface area contributed by atoms with Crippen LogP contribution in [0.2, 0.25) is 0 Å². The van der Waals surface area contributed by atoms with Crippen LogP contribution in [0.1, 0.15) is 79.1 Å². The maximum Gasteiger partial charge on any atom is 0.344 e. The summed E-state index contributed by atoms with van der Waals surface area (Å²) in [6.07, 6.45) is 8.10. The Bertz CT molecular complexity index is 567. The van der Waals surface area contributed by atoms with Crippen molar-refractivity contribution in [1.82, 2.24) is 20.4 Å². The standard InChI is InChI=1S/C26H58N4O6P2/c1-5-9-21-33-37(31,34-22-10-6-2)25-29-17-13-27-15-19-30(20-16-28-14-18-29)26-38(32,35-23-11-7-3)36-24-12-8-4/h27-28H,5-26H2,1-4H3. The van der Waals surface area contributed by atoms with Crippen LogP contribution >= 0.6 is 15.2 Å². The topological polar surface area (TPSA) is 102 Å². The van der Waals surface area contributed by atoms with Gasteiger partial charge in [-0.05, 0) is 25.7 Å². The van der Waals surface area contributed by atoms with Crippen molar-refractivity contribution < 1.29 is 27.2 Å². The predicted octanol–water partition coefficient (Wildman–Crippen LogP) is 5.35. The Morgan fingerprint density at radius 3 is 1.03 bits per heavy atom. The molecule has 0 unspecified atom stereocenters. The highest BCUT2D eigenvalue weighted by molar-refractivity contribution is 7.54. The zero-order chi connectivity index (χ0) is 28.0. The van der Waals surface area contributed by atoms with E-state index >= 15 is 0 Å². The fraction of sp³-hybridized carbons (Fsp3) is 1.00. The maximum atomic E-state index is 13.5. The van der Waals surface area contributed by atoms with Gasteiger partial charge in [0.1, 0.15) is 12.6 Å². The highest BCUT2D eigenvalue weighted by Crippen LogP contribution is 2.49. The van der Waals surface area contributed by atoms with Crippen LogP contribution in [0.25, 0.3) is 0 Å². The number of rotatable bonds is 20. The molecular formula is C26H58N4O6P2. The van der Waals surface area contributed by atoms with E-state index in [1.807, 2.05) is 0 Å². The molecule has 1 saturated heterocycles. The summed E-state index contributed by atoms with van der Waals surface area (Å²) in [5.41, 5.74) is 0. The van der Waals surface area contributed by atoms with Crippen LogP contribution in [0.5, 0.6) is 0 Å². The molecule has 1 rings (SSSR count).